The molecule has 0 unspecified atom stereocenters. The van der Waals surface area contributed by atoms with Crippen molar-refractivity contribution in [1.82, 2.24) is 14.7 Å². The molecule has 0 aliphatic heterocycles. The molecular weight excluding hydrogens is 244 g/mol. The second kappa shape index (κ2) is 5.69. The van der Waals surface area contributed by atoms with Gasteiger partial charge in [-0.2, -0.15) is 0 Å². The molecule has 6 heteroatoms. The average Bonchev–Trinajstić information content (AvgIpc) is 2.43. The fourth-order valence-electron chi connectivity index (χ4n) is 1.53. The maximum Gasteiger partial charge on any atom is 0.259 e. The number of carbonyl (C=O) groups is 1. The number of hydrogen-bond donors (Lipinski definition) is 2. The SMILES string of the molecule is C#CCNC(=O)CNc1cc(=O)n2ccccc2n1. The van der Waals surface area contributed by atoms with Gasteiger partial charge in [-0.15, -0.1) is 6.42 Å². The van der Waals surface area contributed by atoms with Crippen LogP contribution in [0.4, 0.5) is 5.82 Å². The van der Waals surface area contributed by atoms with E-state index in [9.17, 15) is 9.59 Å². The number of pyridine rings is 1. The molecule has 0 fully saturated rings. The van der Waals surface area contributed by atoms with Crippen LogP contribution in [-0.2, 0) is 4.79 Å². The molecule has 2 aromatic rings. The number of amides is 1. The van der Waals surface area contributed by atoms with Crippen molar-refractivity contribution in [3.8, 4) is 12.3 Å². The zero-order valence-corrected chi connectivity index (χ0v) is 10.1. The van der Waals surface area contributed by atoms with Gasteiger partial charge in [0, 0.05) is 12.3 Å². The summed E-state index contributed by atoms with van der Waals surface area (Å²) in [6, 6.07) is 6.58. The van der Waals surface area contributed by atoms with Crippen molar-refractivity contribution >= 4 is 17.4 Å². The van der Waals surface area contributed by atoms with Crippen LogP contribution in [0.2, 0.25) is 0 Å². The maximum atomic E-state index is 11.8. The molecule has 0 aromatic carbocycles. The molecule has 2 aromatic heterocycles. The first-order valence-corrected chi connectivity index (χ1v) is 5.63. The number of hydrogen-bond acceptors (Lipinski definition) is 4. The van der Waals surface area contributed by atoms with E-state index >= 15 is 0 Å². The molecule has 0 radical (unpaired) electrons. The van der Waals surface area contributed by atoms with E-state index in [4.69, 9.17) is 6.42 Å². The molecule has 0 bridgehead atoms. The lowest BCUT2D eigenvalue weighted by Crippen LogP contribution is -2.30. The van der Waals surface area contributed by atoms with E-state index in [1.165, 1.54) is 10.5 Å². The van der Waals surface area contributed by atoms with E-state index < -0.39 is 0 Å². The molecule has 6 nitrogen and oxygen atoms in total. The predicted octanol–water partition coefficient (Wildman–Crippen LogP) is -0.144. The minimum atomic E-state index is -0.256. The van der Waals surface area contributed by atoms with E-state index in [1.54, 1.807) is 24.4 Å². The van der Waals surface area contributed by atoms with Crippen LogP contribution in [0.1, 0.15) is 0 Å². The van der Waals surface area contributed by atoms with Crippen molar-refractivity contribution in [1.29, 1.82) is 0 Å². The zero-order chi connectivity index (χ0) is 13.7. The molecule has 0 spiro atoms. The number of nitrogens with zero attached hydrogens (tertiary/aromatic N) is 2. The Labute approximate surface area is 109 Å². The highest BCUT2D eigenvalue weighted by molar-refractivity contribution is 5.80. The lowest BCUT2D eigenvalue weighted by atomic mass is 10.4. The van der Waals surface area contributed by atoms with Gasteiger partial charge in [-0.25, -0.2) is 4.98 Å². The van der Waals surface area contributed by atoms with Gasteiger partial charge in [0.25, 0.3) is 5.56 Å². The van der Waals surface area contributed by atoms with Crippen LogP contribution < -0.4 is 16.2 Å². The van der Waals surface area contributed by atoms with Crippen LogP contribution in [0.5, 0.6) is 0 Å². The highest BCUT2D eigenvalue weighted by Crippen LogP contribution is 2.02. The number of terminal acetylenes is 1. The Morgan fingerprint density at radius 2 is 2.32 bits per heavy atom. The number of fused-ring (bicyclic) bond motifs is 1. The van der Waals surface area contributed by atoms with Crippen LogP contribution in [-0.4, -0.2) is 28.4 Å². The normalized spacial score (nSPS) is 9.84. The zero-order valence-electron chi connectivity index (χ0n) is 10.1. The summed E-state index contributed by atoms with van der Waals surface area (Å²) in [7, 11) is 0. The van der Waals surface area contributed by atoms with Crippen molar-refractivity contribution in [2.45, 2.75) is 0 Å². The first-order valence-electron chi connectivity index (χ1n) is 5.63. The summed E-state index contributed by atoms with van der Waals surface area (Å²) in [6.45, 7) is 0.186. The van der Waals surface area contributed by atoms with E-state index in [1.807, 2.05) is 0 Å². The average molecular weight is 256 g/mol. The van der Waals surface area contributed by atoms with Gasteiger partial charge in [0.15, 0.2) is 0 Å². The summed E-state index contributed by atoms with van der Waals surface area (Å²) in [5.74, 6) is 2.40. The third-order valence-electron chi connectivity index (χ3n) is 2.39. The molecule has 96 valence electrons. The van der Waals surface area contributed by atoms with Gasteiger partial charge < -0.3 is 10.6 Å². The van der Waals surface area contributed by atoms with Crippen LogP contribution in [0.25, 0.3) is 5.65 Å². The molecule has 19 heavy (non-hydrogen) atoms. The van der Waals surface area contributed by atoms with Gasteiger partial charge >= 0.3 is 0 Å². The second-order valence-electron chi connectivity index (χ2n) is 3.74. The smallest absolute Gasteiger partial charge is 0.259 e. The quantitative estimate of drug-likeness (QED) is 0.746. The summed E-state index contributed by atoms with van der Waals surface area (Å²) >= 11 is 0. The van der Waals surface area contributed by atoms with E-state index in [2.05, 4.69) is 21.5 Å². The lowest BCUT2D eigenvalue weighted by Gasteiger charge is -2.06. The van der Waals surface area contributed by atoms with Crippen LogP contribution in [0, 0.1) is 12.3 Å². The molecule has 0 aliphatic rings. The van der Waals surface area contributed by atoms with Gasteiger partial charge in [0.1, 0.15) is 11.5 Å². The van der Waals surface area contributed by atoms with E-state index in [-0.39, 0.29) is 24.6 Å². The van der Waals surface area contributed by atoms with Crippen molar-refractivity contribution in [2.24, 2.45) is 0 Å². The molecule has 2 rings (SSSR count). The Bertz CT molecular complexity index is 700. The second-order valence-corrected chi connectivity index (χ2v) is 3.74. The molecular formula is C13H12N4O2. The van der Waals surface area contributed by atoms with Gasteiger partial charge in [-0.1, -0.05) is 12.0 Å². The highest BCUT2D eigenvalue weighted by atomic mass is 16.2. The van der Waals surface area contributed by atoms with E-state index in [0.717, 1.165) is 0 Å². The Kier molecular flexibility index (Phi) is 3.78. The fourth-order valence-corrected chi connectivity index (χ4v) is 1.53. The third kappa shape index (κ3) is 3.10. The Morgan fingerprint density at radius 1 is 1.47 bits per heavy atom. The van der Waals surface area contributed by atoms with E-state index in [0.29, 0.717) is 11.5 Å². The summed E-state index contributed by atoms with van der Waals surface area (Å²) < 4.78 is 1.42. The molecule has 1 amide bonds. The number of aromatic nitrogens is 2. The number of carbonyl (C=O) groups excluding carboxylic acids is 1. The maximum absolute atomic E-state index is 11.8. The van der Waals surface area contributed by atoms with Crippen LogP contribution >= 0.6 is 0 Å². The van der Waals surface area contributed by atoms with Crippen molar-refractivity contribution in [3.63, 3.8) is 0 Å². The van der Waals surface area contributed by atoms with Crippen molar-refractivity contribution in [3.05, 3.63) is 40.8 Å². The largest absolute Gasteiger partial charge is 0.361 e. The minimum absolute atomic E-state index is 0.0110. The number of rotatable bonds is 4. The molecule has 0 saturated carbocycles. The monoisotopic (exact) mass is 256 g/mol. The van der Waals surface area contributed by atoms with Crippen molar-refractivity contribution in [2.75, 3.05) is 18.4 Å². The lowest BCUT2D eigenvalue weighted by molar-refractivity contribution is -0.119. The molecule has 2 N–H and O–H groups in total. The fraction of sp³-hybridized carbons (Fsp3) is 0.154. The standard InChI is InChI=1S/C13H12N4O2/c1-2-6-14-12(18)9-15-10-8-13(19)17-7-4-3-5-11(17)16-10/h1,3-5,7-8,15H,6,9H2,(H,14,18). The number of nitrogens with one attached hydrogen (secondary N) is 2. The number of anilines is 1. The third-order valence-corrected chi connectivity index (χ3v) is 2.39. The first kappa shape index (κ1) is 12.6. The Morgan fingerprint density at radius 3 is 3.11 bits per heavy atom. The Balaban J connectivity index is 2.12. The summed E-state index contributed by atoms with van der Waals surface area (Å²) in [4.78, 5) is 27.3. The van der Waals surface area contributed by atoms with Crippen molar-refractivity contribution < 1.29 is 4.79 Å². The van der Waals surface area contributed by atoms with Crippen LogP contribution in [0.3, 0.4) is 0 Å². The van der Waals surface area contributed by atoms with Gasteiger partial charge in [0.2, 0.25) is 5.91 Å². The van der Waals surface area contributed by atoms with Gasteiger partial charge in [-0.3, -0.25) is 14.0 Å². The predicted molar refractivity (Wildman–Crippen MR) is 71.8 cm³/mol. The molecule has 2 heterocycles. The topological polar surface area (TPSA) is 75.5 Å². The van der Waals surface area contributed by atoms with Crippen LogP contribution in [0.15, 0.2) is 35.3 Å². The molecule has 0 atom stereocenters. The summed E-state index contributed by atoms with van der Waals surface area (Å²) in [6.07, 6.45) is 6.66. The minimum Gasteiger partial charge on any atom is -0.361 e. The van der Waals surface area contributed by atoms with Gasteiger partial charge in [-0.05, 0) is 12.1 Å². The molecule has 0 aliphatic carbocycles. The summed E-state index contributed by atoms with van der Waals surface area (Å²) in [5, 5.41) is 5.29. The summed E-state index contributed by atoms with van der Waals surface area (Å²) in [5.41, 5.74) is 0.304. The van der Waals surface area contributed by atoms with Gasteiger partial charge in [0.05, 0.1) is 13.1 Å². The molecule has 0 saturated heterocycles. The first-order chi connectivity index (χ1) is 9.20. The highest BCUT2D eigenvalue weighted by Gasteiger charge is 2.03. The Hall–Kier alpha value is -2.81.